The minimum Gasteiger partial charge on any atom is -0.464 e. The van der Waals surface area contributed by atoms with E-state index in [1.54, 1.807) is 19.3 Å². The third-order valence-electron chi connectivity index (χ3n) is 5.77. The van der Waals surface area contributed by atoms with Crippen molar-refractivity contribution in [3.8, 4) is 22.3 Å². The van der Waals surface area contributed by atoms with Gasteiger partial charge in [0, 0.05) is 23.0 Å². The fourth-order valence-electron chi connectivity index (χ4n) is 4.35. The molecule has 3 aromatic carbocycles. The largest absolute Gasteiger partial charge is 0.464 e. The second-order valence-electron chi connectivity index (χ2n) is 9.52. The van der Waals surface area contributed by atoms with Crippen LogP contribution < -0.4 is 0 Å². The Labute approximate surface area is 211 Å². The zero-order valence-corrected chi connectivity index (χ0v) is 21.5. The van der Waals surface area contributed by atoms with Gasteiger partial charge in [0.1, 0.15) is 0 Å². The Hall–Kier alpha value is -3.21. The maximum atomic E-state index is 13.2. The summed E-state index contributed by atoms with van der Waals surface area (Å²) in [5.74, 6) is -0.395. The molecular formula is C30H30ClNO3. The van der Waals surface area contributed by atoms with E-state index in [0.29, 0.717) is 5.02 Å². The van der Waals surface area contributed by atoms with Gasteiger partial charge in [0.25, 0.3) is 0 Å². The lowest BCUT2D eigenvalue weighted by Gasteiger charge is -2.29. The number of pyridine rings is 1. The van der Waals surface area contributed by atoms with Crippen LogP contribution in [0.4, 0.5) is 0 Å². The molecular weight excluding hydrogens is 458 g/mol. The van der Waals surface area contributed by atoms with Crippen molar-refractivity contribution >= 4 is 28.3 Å². The van der Waals surface area contributed by atoms with E-state index in [2.05, 4.69) is 29.2 Å². The van der Waals surface area contributed by atoms with Gasteiger partial charge in [0.15, 0.2) is 6.10 Å². The number of aryl methyl sites for hydroxylation is 1. The summed E-state index contributed by atoms with van der Waals surface area (Å²) in [4.78, 5) is 17.3. The first kappa shape index (κ1) is 24.9. The van der Waals surface area contributed by atoms with Gasteiger partial charge >= 0.3 is 5.97 Å². The average molecular weight is 488 g/mol. The SMILES string of the molecule is CCOC(=O)[C@@H](OC(C)(C)C)c1c(C)cc2cc(-c3ccncc3)ccc2c1-c1ccc(Cl)cc1. The van der Waals surface area contributed by atoms with Gasteiger partial charge < -0.3 is 9.47 Å². The molecule has 5 heteroatoms. The number of carbonyl (C=O) groups excluding carboxylic acids is 1. The number of carbonyl (C=O) groups is 1. The highest BCUT2D eigenvalue weighted by Gasteiger charge is 2.32. The van der Waals surface area contributed by atoms with Crippen LogP contribution in [0, 0.1) is 6.92 Å². The Morgan fingerprint density at radius 3 is 2.23 bits per heavy atom. The normalized spacial score (nSPS) is 12.5. The number of aromatic nitrogens is 1. The summed E-state index contributed by atoms with van der Waals surface area (Å²) in [7, 11) is 0. The number of ether oxygens (including phenoxy) is 2. The highest BCUT2D eigenvalue weighted by molar-refractivity contribution is 6.30. The van der Waals surface area contributed by atoms with E-state index in [1.165, 1.54) is 0 Å². The van der Waals surface area contributed by atoms with Crippen molar-refractivity contribution in [3.05, 3.63) is 89.2 Å². The molecule has 1 heterocycles. The van der Waals surface area contributed by atoms with E-state index in [0.717, 1.165) is 44.2 Å². The van der Waals surface area contributed by atoms with Crippen LogP contribution in [0.15, 0.2) is 73.1 Å². The van der Waals surface area contributed by atoms with Crippen molar-refractivity contribution in [1.29, 1.82) is 0 Å². The number of benzene rings is 3. The second-order valence-corrected chi connectivity index (χ2v) is 9.96. The highest BCUT2D eigenvalue weighted by Crippen LogP contribution is 2.42. The van der Waals surface area contributed by atoms with E-state index in [-0.39, 0.29) is 6.61 Å². The molecule has 0 aliphatic carbocycles. The van der Waals surface area contributed by atoms with E-state index < -0.39 is 17.7 Å². The minimum absolute atomic E-state index is 0.279. The van der Waals surface area contributed by atoms with Gasteiger partial charge in [-0.25, -0.2) is 4.79 Å². The Bertz CT molecular complexity index is 1340. The van der Waals surface area contributed by atoms with Crippen LogP contribution >= 0.6 is 11.6 Å². The van der Waals surface area contributed by atoms with E-state index in [1.807, 2.05) is 64.1 Å². The molecule has 0 saturated heterocycles. The van der Waals surface area contributed by atoms with E-state index >= 15 is 0 Å². The standard InChI is InChI=1S/C30H30ClNO3/c1-6-34-29(33)28(35-30(3,4)5)26-19(2)17-23-18-22(20-13-15-32-16-14-20)9-12-25(23)27(26)21-7-10-24(31)11-8-21/h7-18,28H,6H2,1-5H3/t28-/m0/s1. The van der Waals surface area contributed by atoms with Gasteiger partial charge in [0.05, 0.1) is 12.2 Å². The van der Waals surface area contributed by atoms with Gasteiger partial charge in [-0.15, -0.1) is 0 Å². The van der Waals surface area contributed by atoms with Crippen LogP contribution in [-0.2, 0) is 14.3 Å². The summed E-state index contributed by atoms with van der Waals surface area (Å²) < 4.78 is 11.8. The number of halogens is 1. The predicted molar refractivity (Wildman–Crippen MR) is 143 cm³/mol. The monoisotopic (exact) mass is 487 g/mol. The molecule has 0 fully saturated rings. The Morgan fingerprint density at radius 2 is 1.60 bits per heavy atom. The van der Waals surface area contributed by atoms with Crippen LogP contribution in [0.25, 0.3) is 33.0 Å². The summed E-state index contributed by atoms with van der Waals surface area (Å²) in [6.07, 6.45) is 2.71. The summed E-state index contributed by atoms with van der Waals surface area (Å²) >= 11 is 6.21. The molecule has 0 saturated carbocycles. The molecule has 35 heavy (non-hydrogen) atoms. The summed E-state index contributed by atoms with van der Waals surface area (Å²) in [6, 6.07) is 20.2. The highest BCUT2D eigenvalue weighted by atomic mass is 35.5. The van der Waals surface area contributed by atoms with Crippen LogP contribution in [0.1, 0.15) is 44.9 Å². The lowest BCUT2D eigenvalue weighted by molar-refractivity contribution is -0.166. The first-order valence-corrected chi connectivity index (χ1v) is 12.1. The third kappa shape index (κ3) is 5.55. The number of hydrogen-bond acceptors (Lipinski definition) is 4. The molecule has 0 unspecified atom stereocenters. The topological polar surface area (TPSA) is 48.4 Å². The zero-order valence-electron chi connectivity index (χ0n) is 20.8. The maximum absolute atomic E-state index is 13.2. The van der Waals surface area contributed by atoms with Gasteiger partial charge in [-0.05, 0) is 104 Å². The number of hydrogen-bond donors (Lipinski definition) is 0. The van der Waals surface area contributed by atoms with E-state index in [9.17, 15) is 4.79 Å². The molecule has 0 N–H and O–H groups in total. The minimum atomic E-state index is -0.870. The molecule has 0 aliphatic heterocycles. The molecule has 0 radical (unpaired) electrons. The van der Waals surface area contributed by atoms with Gasteiger partial charge in [0.2, 0.25) is 0 Å². The lowest BCUT2D eigenvalue weighted by Crippen LogP contribution is -2.29. The van der Waals surface area contributed by atoms with Crippen LogP contribution in [0.5, 0.6) is 0 Å². The average Bonchev–Trinajstić information content (AvgIpc) is 2.82. The van der Waals surface area contributed by atoms with Gasteiger partial charge in [-0.1, -0.05) is 41.9 Å². The fourth-order valence-corrected chi connectivity index (χ4v) is 4.47. The van der Waals surface area contributed by atoms with Crippen LogP contribution in [0.2, 0.25) is 5.02 Å². The Kier molecular flexibility index (Phi) is 7.25. The lowest BCUT2D eigenvalue weighted by atomic mass is 9.86. The molecule has 0 aliphatic rings. The zero-order chi connectivity index (χ0) is 25.2. The predicted octanol–water partition coefficient (Wildman–Crippen LogP) is 7.95. The van der Waals surface area contributed by atoms with Gasteiger partial charge in [-0.2, -0.15) is 0 Å². The first-order chi connectivity index (χ1) is 16.7. The summed E-state index contributed by atoms with van der Waals surface area (Å²) in [5.41, 5.74) is 5.31. The molecule has 0 amide bonds. The Morgan fingerprint density at radius 1 is 0.943 bits per heavy atom. The summed E-state index contributed by atoms with van der Waals surface area (Å²) in [6.45, 7) is 9.93. The molecule has 180 valence electrons. The summed E-state index contributed by atoms with van der Waals surface area (Å²) in [5, 5.41) is 2.75. The maximum Gasteiger partial charge on any atom is 0.339 e. The van der Waals surface area contributed by atoms with Crippen LogP contribution in [-0.4, -0.2) is 23.2 Å². The van der Waals surface area contributed by atoms with Crippen molar-refractivity contribution in [3.63, 3.8) is 0 Å². The Balaban J connectivity index is 2.01. The van der Waals surface area contributed by atoms with Crippen LogP contribution in [0.3, 0.4) is 0 Å². The molecule has 1 atom stereocenters. The van der Waals surface area contributed by atoms with Crippen molar-refractivity contribution in [2.75, 3.05) is 6.61 Å². The molecule has 0 spiro atoms. The third-order valence-corrected chi connectivity index (χ3v) is 6.02. The van der Waals surface area contributed by atoms with Crippen molar-refractivity contribution < 1.29 is 14.3 Å². The molecule has 1 aromatic heterocycles. The van der Waals surface area contributed by atoms with Crippen molar-refractivity contribution in [2.45, 2.75) is 46.3 Å². The quantitative estimate of drug-likeness (QED) is 0.259. The molecule has 4 aromatic rings. The smallest absolute Gasteiger partial charge is 0.339 e. The number of fused-ring (bicyclic) bond motifs is 1. The molecule has 4 rings (SSSR count). The number of esters is 1. The molecule has 4 nitrogen and oxygen atoms in total. The molecule has 0 bridgehead atoms. The van der Waals surface area contributed by atoms with Gasteiger partial charge in [-0.3, -0.25) is 4.98 Å². The second kappa shape index (κ2) is 10.2. The van der Waals surface area contributed by atoms with E-state index in [4.69, 9.17) is 21.1 Å². The first-order valence-electron chi connectivity index (χ1n) is 11.8. The number of nitrogens with zero attached hydrogens (tertiary/aromatic N) is 1. The van der Waals surface area contributed by atoms with Crippen molar-refractivity contribution in [1.82, 2.24) is 4.98 Å². The fraction of sp³-hybridized carbons (Fsp3) is 0.267. The number of rotatable bonds is 6. The van der Waals surface area contributed by atoms with Crippen molar-refractivity contribution in [2.24, 2.45) is 0 Å².